The zero-order valence-electron chi connectivity index (χ0n) is 19.5. The van der Waals surface area contributed by atoms with Crippen LogP contribution in [0.1, 0.15) is 42.9 Å². The fourth-order valence-corrected chi connectivity index (χ4v) is 5.82. The number of alkyl carbamates (subject to hydrolysis) is 1. The fourth-order valence-electron chi connectivity index (χ4n) is 4.31. The van der Waals surface area contributed by atoms with Gasteiger partial charge in [-0.25, -0.2) is 0 Å². The molecule has 0 radical (unpaired) electrons. The molecule has 0 fully saturated rings. The van der Waals surface area contributed by atoms with E-state index in [0.717, 1.165) is 10.9 Å². The number of hydrogen-bond acceptors (Lipinski definition) is 3. The van der Waals surface area contributed by atoms with Crippen molar-refractivity contribution >= 4 is 25.9 Å². The molecule has 1 aliphatic rings. The Balaban J connectivity index is 1.34. The van der Waals surface area contributed by atoms with E-state index >= 15 is 0 Å². The standard InChI is InChI=1S/C28H30N2O3Se/c1-19(2)16-26(30-28(32)34-18-20-10-4-3-5-11-20)29-27(31)33-17-25-23-14-8-6-12-21(23)22-13-7-9-15-24(22)25/h3-15,19,25-26H,16-18H2,1-2H3,(H,29,31)(H,30,32)/t26-/m1/s1. The maximum absolute atomic E-state index is 12.7. The van der Waals surface area contributed by atoms with Gasteiger partial charge in [0, 0.05) is 0 Å². The van der Waals surface area contributed by atoms with Gasteiger partial charge < -0.3 is 0 Å². The number of amides is 2. The van der Waals surface area contributed by atoms with Crippen molar-refractivity contribution in [2.45, 2.75) is 37.7 Å². The molecule has 5 nitrogen and oxygen atoms in total. The van der Waals surface area contributed by atoms with Crippen LogP contribution >= 0.6 is 0 Å². The zero-order chi connectivity index (χ0) is 23.9. The van der Waals surface area contributed by atoms with E-state index in [-0.39, 0.29) is 32.3 Å². The molecule has 0 heterocycles. The Morgan fingerprint density at radius 2 is 1.44 bits per heavy atom. The molecule has 2 amide bonds. The van der Waals surface area contributed by atoms with Gasteiger partial charge in [-0.15, -0.1) is 0 Å². The number of ether oxygens (including phenoxy) is 1. The Kier molecular flexibility index (Phi) is 8.04. The van der Waals surface area contributed by atoms with E-state index in [2.05, 4.69) is 48.7 Å². The van der Waals surface area contributed by atoms with Crippen molar-refractivity contribution in [3.63, 3.8) is 0 Å². The third-order valence-electron chi connectivity index (χ3n) is 5.85. The van der Waals surface area contributed by atoms with Crippen LogP contribution < -0.4 is 10.6 Å². The number of hydrogen-bond donors (Lipinski definition) is 2. The molecule has 2 N–H and O–H groups in total. The van der Waals surface area contributed by atoms with Gasteiger partial charge in [0.05, 0.1) is 0 Å². The van der Waals surface area contributed by atoms with Gasteiger partial charge in [0.1, 0.15) is 0 Å². The molecule has 176 valence electrons. The first-order valence-corrected chi connectivity index (χ1v) is 13.7. The summed E-state index contributed by atoms with van der Waals surface area (Å²) in [5.41, 5.74) is 5.87. The Hall–Kier alpha value is -3.08. The molecular weight excluding hydrogens is 491 g/mol. The normalized spacial score (nSPS) is 13.1. The molecule has 4 rings (SSSR count). The Morgan fingerprint density at radius 3 is 2.06 bits per heavy atom. The number of carbonyl (C=O) groups excluding carboxylic acids is 2. The minimum atomic E-state index is -0.511. The summed E-state index contributed by atoms with van der Waals surface area (Å²) in [5.74, 6) is 0.311. The van der Waals surface area contributed by atoms with Crippen molar-refractivity contribution in [1.82, 2.24) is 10.6 Å². The third kappa shape index (κ3) is 6.07. The molecule has 1 atom stereocenters. The molecule has 0 aromatic heterocycles. The Bertz CT molecular complexity index is 1090. The molecule has 1 aliphatic carbocycles. The van der Waals surface area contributed by atoms with Gasteiger partial charge in [0.15, 0.2) is 0 Å². The summed E-state index contributed by atoms with van der Waals surface area (Å²) >= 11 is -0.251. The summed E-state index contributed by atoms with van der Waals surface area (Å²) in [4.78, 5) is 25.2. The summed E-state index contributed by atoms with van der Waals surface area (Å²) in [5, 5.41) is 6.57. The number of rotatable bonds is 9. The van der Waals surface area contributed by atoms with Gasteiger partial charge in [0.25, 0.3) is 0 Å². The quantitative estimate of drug-likeness (QED) is 0.288. The fraction of sp³-hybridized carbons (Fsp3) is 0.286. The van der Waals surface area contributed by atoms with Crippen LogP contribution in [-0.4, -0.2) is 38.6 Å². The first kappa shape index (κ1) is 24.1. The van der Waals surface area contributed by atoms with Crippen LogP contribution in [0.4, 0.5) is 9.59 Å². The molecule has 0 aliphatic heterocycles. The van der Waals surface area contributed by atoms with Crippen LogP contribution in [-0.2, 0) is 10.1 Å². The molecule has 34 heavy (non-hydrogen) atoms. The number of carbonyl (C=O) groups is 2. The van der Waals surface area contributed by atoms with Crippen LogP contribution in [0.15, 0.2) is 78.9 Å². The average molecular weight is 522 g/mol. The predicted molar refractivity (Wildman–Crippen MR) is 136 cm³/mol. The SMILES string of the molecule is CC(C)C[C@H](NC(=O)OCC1c2ccccc2-c2ccccc21)NC(=O)[Se]Cc1ccccc1. The molecule has 0 saturated carbocycles. The Labute approximate surface area is 207 Å². The van der Waals surface area contributed by atoms with Gasteiger partial charge in [-0.05, 0) is 0 Å². The van der Waals surface area contributed by atoms with E-state index in [9.17, 15) is 9.59 Å². The molecule has 3 aromatic carbocycles. The van der Waals surface area contributed by atoms with Crippen molar-refractivity contribution in [2.24, 2.45) is 5.92 Å². The summed E-state index contributed by atoms with van der Waals surface area (Å²) in [7, 11) is 0. The second-order valence-electron chi connectivity index (χ2n) is 8.86. The third-order valence-corrected chi connectivity index (χ3v) is 7.65. The molecule has 0 saturated heterocycles. The van der Waals surface area contributed by atoms with Gasteiger partial charge in [-0.2, -0.15) is 0 Å². The molecule has 0 spiro atoms. The first-order valence-electron chi connectivity index (χ1n) is 11.6. The average Bonchev–Trinajstić information content (AvgIpc) is 3.15. The van der Waals surface area contributed by atoms with Crippen molar-refractivity contribution < 1.29 is 14.3 Å². The molecule has 0 unspecified atom stereocenters. The van der Waals surface area contributed by atoms with E-state index < -0.39 is 12.3 Å². The topological polar surface area (TPSA) is 67.4 Å². The maximum atomic E-state index is 12.7. The van der Waals surface area contributed by atoms with Crippen molar-refractivity contribution in [1.29, 1.82) is 0 Å². The monoisotopic (exact) mass is 522 g/mol. The van der Waals surface area contributed by atoms with Crippen molar-refractivity contribution in [2.75, 3.05) is 6.61 Å². The molecule has 0 bridgehead atoms. The van der Waals surface area contributed by atoms with E-state index in [1.165, 1.54) is 22.3 Å². The van der Waals surface area contributed by atoms with Crippen LogP contribution in [0.25, 0.3) is 11.1 Å². The van der Waals surface area contributed by atoms with E-state index in [4.69, 9.17) is 4.74 Å². The van der Waals surface area contributed by atoms with E-state index in [1.54, 1.807) is 0 Å². The van der Waals surface area contributed by atoms with Gasteiger partial charge >= 0.3 is 208 Å². The van der Waals surface area contributed by atoms with E-state index in [1.807, 2.05) is 54.6 Å². The summed E-state index contributed by atoms with van der Waals surface area (Å²) in [6.07, 6.45) is -0.332. The van der Waals surface area contributed by atoms with Crippen LogP contribution in [0, 0.1) is 5.92 Å². The summed E-state index contributed by atoms with van der Waals surface area (Å²) < 4.78 is 5.67. The summed E-state index contributed by atoms with van der Waals surface area (Å²) in [6.45, 7) is 4.38. The second kappa shape index (κ2) is 11.4. The molecular formula is C28H30N2O3Se. The minimum absolute atomic E-state index is 0.00509. The zero-order valence-corrected chi connectivity index (χ0v) is 21.2. The summed E-state index contributed by atoms with van der Waals surface area (Å²) in [6, 6.07) is 26.5. The van der Waals surface area contributed by atoms with Gasteiger partial charge in [0.2, 0.25) is 0 Å². The molecule has 3 aromatic rings. The number of benzene rings is 3. The van der Waals surface area contributed by atoms with Crippen LogP contribution in [0.2, 0.25) is 0 Å². The van der Waals surface area contributed by atoms with Crippen LogP contribution in [0.3, 0.4) is 0 Å². The van der Waals surface area contributed by atoms with E-state index in [0.29, 0.717) is 12.3 Å². The van der Waals surface area contributed by atoms with Crippen LogP contribution in [0.5, 0.6) is 0 Å². The van der Waals surface area contributed by atoms with Gasteiger partial charge in [-0.1, -0.05) is 0 Å². The first-order chi connectivity index (χ1) is 16.5. The predicted octanol–water partition coefficient (Wildman–Crippen LogP) is 5.51. The van der Waals surface area contributed by atoms with Crippen molar-refractivity contribution in [3.8, 4) is 11.1 Å². The number of nitrogens with one attached hydrogen (secondary N) is 2. The second-order valence-corrected chi connectivity index (χ2v) is 10.8. The van der Waals surface area contributed by atoms with Crippen molar-refractivity contribution in [3.05, 3.63) is 95.6 Å². The molecule has 6 heteroatoms. The number of fused-ring (bicyclic) bond motifs is 3. The Morgan fingerprint density at radius 1 is 0.853 bits per heavy atom. The van der Waals surface area contributed by atoms with Gasteiger partial charge in [-0.3, -0.25) is 0 Å².